The normalized spacial score (nSPS) is 22.0. The van der Waals surface area contributed by atoms with Crippen molar-refractivity contribution in [1.29, 1.82) is 0 Å². The number of likely N-dealkylation sites (tertiary alicyclic amines) is 1. The lowest BCUT2D eigenvalue weighted by Gasteiger charge is -2.33. The zero-order valence-corrected chi connectivity index (χ0v) is 12.7. The van der Waals surface area contributed by atoms with E-state index in [1.165, 1.54) is 32.5 Å². The third-order valence-electron chi connectivity index (χ3n) is 3.45. The van der Waals surface area contributed by atoms with Gasteiger partial charge in [0.15, 0.2) is 0 Å². The van der Waals surface area contributed by atoms with E-state index >= 15 is 0 Å². The summed E-state index contributed by atoms with van der Waals surface area (Å²) in [6.07, 6.45) is 3.08. The van der Waals surface area contributed by atoms with Gasteiger partial charge in [-0.25, -0.2) is 0 Å². The average molecular weight is 256 g/mol. The van der Waals surface area contributed by atoms with Crippen molar-refractivity contribution in [1.82, 2.24) is 10.2 Å². The molecule has 108 valence electrons. The fourth-order valence-electron chi connectivity index (χ4n) is 2.51. The molecular weight excluding hydrogens is 224 g/mol. The number of piperidine rings is 1. The Morgan fingerprint density at radius 3 is 2.72 bits per heavy atom. The van der Waals surface area contributed by atoms with E-state index in [9.17, 15) is 0 Å². The van der Waals surface area contributed by atoms with E-state index in [0.29, 0.717) is 6.10 Å². The fraction of sp³-hybridized carbons (Fsp3) is 1.00. The Morgan fingerprint density at radius 1 is 1.28 bits per heavy atom. The molecule has 1 saturated heterocycles. The molecule has 1 rings (SSSR count). The van der Waals surface area contributed by atoms with E-state index < -0.39 is 0 Å². The molecule has 3 heteroatoms. The number of nitrogens with one attached hydrogen (secondary N) is 1. The molecular formula is C15H32N2O. The maximum absolute atomic E-state index is 5.64. The molecule has 0 aromatic carbocycles. The summed E-state index contributed by atoms with van der Waals surface area (Å²) in [6.45, 7) is 15.5. The maximum atomic E-state index is 5.64. The van der Waals surface area contributed by atoms with Gasteiger partial charge in [0.05, 0.1) is 12.7 Å². The lowest BCUT2D eigenvalue weighted by Crippen LogP contribution is -2.41. The second-order valence-electron chi connectivity index (χ2n) is 6.28. The van der Waals surface area contributed by atoms with E-state index in [-0.39, 0.29) is 0 Å². The highest BCUT2D eigenvalue weighted by Crippen LogP contribution is 2.15. The largest absolute Gasteiger partial charge is 0.377 e. The number of rotatable bonds is 8. The topological polar surface area (TPSA) is 24.5 Å². The van der Waals surface area contributed by atoms with Gasteiger partial charge in [-0.05, 0) is 58.2 Å². The van der Waals surface area contributed by atoms with Crippen LogP contribution in [0.25, 0.3) is 0 Å². The van der Waals surface area contributed by atoms with E-state index in [2.05, 4.69) is 37.9 Å². The van der Waals surface area contributed by atoms with Gasteiger partial charge in [0.25, 0.3) is 0 Å². The van der Waals surface area contributed by atoms with Gasteiger partial charge >= 0.3 is 0 Å². The Kier molecular flexibility index (Phi) is 7.87. The van der Waals surface area contributed by atoms with Gasteiger partial charge in [-0.3, -0.25) is 0 Å². The van der Waals surface area contributed by atoms with E-state index in [4.69, 9.17) is 4.74 Å². The second kappa shape index (κ2) is 8.89. The lowest BCUT2D eigenvalue weighted by atomic mass is 9.98. The highest BCUT2D eigenvalue weighted by atomic mass is 16.5. The quantitative estimate of drug-likeness (QED) is 0.721. The van der Waals surface area contributed by atoms with Crippen molar-refractivity contribution in [2.24, 2.45) is 11.8 Å². The Bertz CT molecular complexity index is 187. The van der Waals surface area contributed by atoms with Crippen LogP contribution in [0.1, 0.15) is 40.5 Å². The van der Waals surface area contributed by atoms with Crippen LogP contribution in [0.3, 0.4) is 0 Å². The summed E-state index contributed by atoms with van der Waals surface area (Å²) >= 11 is 0. The molecule has 18 heavy (non-hydrogen) atoms. The first-order valence-electron chi connectivity index (χ1n) is 7.62. The third kappa shape index (κ3) is 7.34. The van der Waals surface area contributed by atoms with Crippen LogP contribution in [-0.4, -0.2) is 50.3 Å². The predicted octanol–water partition coefficient (Wildman–Crippen LogP) is 2.37. The lowest BCUT2D eigenvalue weighted by molar-refractivity contribution is 0.0487. The molecule has 0 amide bonds. The second-order valence-corrected chi connectivity index (χ2v) is 6.28. The molecule has 3 nitrogen and oxygen atoms in total. The van der Waals surface area contributed by atoms with Crippen molar-refractivity contribution < 1.29 is 4.74 Å². The van der Waals surface area contributed by atoms with Crippen molar-refractivity contribution in [2.45, 2.75) is 46.6 Å². The van der Waals surface area contributed by atoms with Gasteiger partial charge in [0.2, 0.25) is 0 Å². The fourth-order valence-corrected chi connectivity index (χ4v) is 2.51. The summed E-state index contributed by atoms with van der Waals surface area (Å²) in [5.74, 6) is 1.58. The number of hydrogen-bond donors (Lipinski definition) is 1. The molecule has 0 spiro atoms. The molecule has 1 heterocycles. The zero-order chi connectivity index (χ0) is 13.4. The van der Waals surface area contributed by atoms with Crippen LogP contribution in [0.15, 0.2) is 0 Å². The molecule has 1 N–H and O–H groups in total. The van der Waals surface area contributed by atoms with Crippen molar-refractivity contribution in [3.05, 3.63) is 0 Å². The Morgan fingerprint density at radius 2 is 2.06 bits per heavy atom. The number of nitrogens with zero attached hydrogens (tertiary/aromatic N) is 1. The molecule has 0 aromatic heterocycles. The molecule has 0 aromatic rings. The van der Waals surface area contributed by atoms with Crippen molar-refractivity contribution >= 4 is 0 Å². The van der Waals surface area contributed by atoms with Crippen LogP contribution < -0.4 is 5.32 Å². The molecule has 1 atom stereocenters. The Labute approximate surface area is 113 Å². The van der Waals surface area contributed by atoms with Gasteiger partial charge in [0.1, 0.15) is 0 Å². The summed E-state index contributed by atoms with van der Waals surface area (Å²) in [4.78, 5) is 2.56. The first kappa shape index (κ1) is 15.9. The van der Waals surface area contributed by atoms with Crippen LogP contribution in [0.5, 0.6) is 0 Å². The summed E-state index contributed by atoms with van der Waals surface area (Å²) < 4.78 is 5.64. The average Bonchev–Trinajstić information content (AvgIpc) is 2.28. The molecule has 0 radical (unpaired) electrons. The minimum absolute atomic E-state index is 0.360. The highest BCUT2D eigenvalue weighted by molar-refractivity contribution is 4.74. The Hall–Kier alpha value is -0.120. The van der Waals surface area contributed by atoms with Crippen molar-refractivity contribution in [3.8, 4) is 0 Å². The molecule has 0 bridgehead atoms. The monoisotopic (exact) mass is 256 g/mol. The SMILES string of the molecule is CC(C)CNCC1CCCN(CCOC(C)C)C1. The Balaban J connectivity index is 2.11. The first-order valence-corrected chi connectivity index (χ1v) is 7.62. The number of hydrogen-bond acceptors (Lipinski definition) is 3. The summed E-state index contributed by atoms with van der Waals surface area (Å²) in [5, 5.41) is 3.59. The van der Waals surface area contributed by atoms with Crippen LogP contribution >= 0.6 is 0 Å². The molecule has 1 unspecified atom stereocenters. The molecule has 1 aliphatic heterocycles. The highest BCUT2D eigenvalue weighted by Gasteiger charge is 2.19. The zero-order valence-electron chi connectivity index (χ0n) is 12.7. The van der Waals surface area contributed by atoms with Gasteiger partial charge < -0.3 is 15.0 Å². The maximum Gasteiger partial charge on any atom is 0.0596 e. The van der Waals surface area contributed by atoms with Crippen LogP contribution in [0, 0.1) is 11.8 Å². The summed E-state index contributed by atoms with van der Waals surface area (Å²) in [7, 11) is 0. The van der Waals surface area contributed by atoms with E-state index in [0.717, 1.165) is 31.5 Å². The van der Waals surface area contributed by atoms with Gasteiger partial charge in [-0.2, -0.15) is 0 Å². The van der Waals surface area contributed by atoms with E-state index in [1.54, 1.807) is 0 Å². The van der Waals surface area contributed by atoms with Gasteiger partial charge in [-0.15, -0.1) is 0 Å². The van der Waals surface area contributed by atoms with Crippen LogP contribution in [0.4, 0.5) is 0 Å². The third-order valence-corrected chi connectivity index (χ3v) is 3.45. The molecule has 1 fully saturated rings. The number of ether oxygens (including phenoxy) is 1. The molecule has 0 aliphatic carbocycles. The minimum Gasteiger partial charge on any atom is -0.377 e. The van der Waals surface area contributed by atoms with Crippen LogP contribution in [0.2, 0.25) is 0 Å². The van der Waals surface area contributed by atoms with Crippen LogP contribution in [-0.2, 0) is 4.74 Å². The predicted molar refractivity (Wildman–Crippen MR) is 78.0 cm³/mol. The molecule has 0 saturated carbocycles. The smallest absolute Gasteiger partial charge is 0.0596 e. The summed E-state index contributed by atoms with van der Waals surface area (Å²) in [6, 6.07) is 0. The molecule has 1 aliphatic rings. The summed E-state index contributed by atoms with van der Waals surface area (Å²) in [5.41, 5.74) is 0. The van der Waals surface area contributed by atoms with Gasteiger partial charge in [-0.1, -0.05) is 13.8 Å². The first-order chi connectivity index (χ1) is 8.58. The minimum atomic E-state index is 0.360. The van der Waals surface area contributed by atoms with Crippen molar-refractivity contribution in [3.63, 3.8) is 0 Å². The van der Waals surface area contributed by atoms with Gasteiger partial charge in [0, 0.05) is 13.1 Å². The van der Waals surface area contributed by atoms with E-state index in [1.807, 2.05) is 0 Å². The standard InChI is InChI=1S/C15H32N2O/c1-13(2)10-16-11-15-6-5-7-17(12-15)8-9-18-14(3)4/h13-16H,5-12H2,1-4H3. The van der Waals surface area contributed by atoms with Crippen molar-refractivity contribution in [2.75, 3.05) is 39.3 Å².